The van der Waals surface area contributed by atoms with Crippen molar-refractivity contribution in [2.24, 2.45) is 0 Å². The Hall–Kier alpha value is -2.78. The number of nitrogens with zero attached hydrogens (tertiary/aromatic N) is 2. The molecule has 1 aliphatic heterocycles. The van der Waals surface area contributed by atoms with E-state index >= 15 is 0 Å². The number of benzene rings is 2. The van der Waals surface area contributed by atoms with Crippen LogP contribution >= 0.6 is 0 Å². The molecule has 1 amide bonds. The van der Waals surface area contributed by atoms with E-state index in [0.717, 1.165) is 38.0 Å². The highest BCUT2D eigenvalue weighted by atomic mass is 32.2. The van der Waals surface area contributed by atoms with Gasteiger partial charge in [-0.3, -0.25) is 4.79 Å². The Bertz CT molecular complexity index is 1050. The molecule has 1 fully saturated rings. The first kappa shape index (κ1) is 24.9. The van der Waals surface area contributed by atoms with E-state index < -0.39 is 10.0 Å². The Balaban J connectivity index is 1.84. The normalized spacial score (nSPS) is 14.5. The molecule has 9 heteroatoms. The van der Waals surface area contributed by atoms with E-state index in [1.54, 1.807) is 36.4 Å². The summed E-state index contributed by atoms with van der Waals surface area (Å²) >= 11 is 0. The molecule has 2 aromatic rings. The molecule has 0 saturated carbocycles. The molecule has 2 aromatic carbocycles. The predicted octanol–water partition coefficient (Wildman–Crippen LogP) is 3.73. The SMILES string of the molecule is CCN(CC)c1ccc(S(=O)(=O)N2CCCCC2)cc1NC(=O)COc1ccccc1OC. The van der Waals surface area contributed by atoms with Gasteiger partial charge in [0.1, 0.15) is 0 Å². The molecule has 33 heavy (non-hydrogen) atoms. The molecule has 0 bridgehead atoms. The van der Waals surface area contributed by atoms with Gasteiger partial charge in [0.25, 0.3) is 5.91 Å². The van der Waals surface area contributed by atoms with Crippen LogP contribution in [0.2, 0.25) is 0 Å². The highest BCUT2D eigenvalue weighted by Crippen LogP contribution is 2.31. The number of hydrogen-bond acceptors (Lipinski definition) is 6. The van der Waals surface area contributed by atoms with E-state index in [2.05, 4.69) is 10.2 Å². The first-order chi connectivity index (χ1) is 15.9. The number of methoxy groups -OCH3 is 1. The maximum absolute atomic E-state index is 13.2. The lowest BCUT2D eigenvalue weighted by Gasteiger charge is -2.28. The second kappa shape index (κ2) is 11.4. The molecule has 1 aliphatic rings. The molecule has 1 heterocycles. The predicted molar refractivity (Wildman–Crippen MR) is 130 cm³/mol. The molecule has 8 nitrogen and oxygen atoms in total. The number of piperidine rings is 1. The first-order valence-electron chi connectivity index (χ1n) is 11.4. The van der Waals surface area contributed by atoms with Gasteiger partial charge in [-0.05, 0) is 57.0 Å². The van der Waals surface area contributed by atoms with Crippen molar-refractivity contribution in [2.75, 3.05) is 50.1 Å². The Morgan fingerprint density at radius 3 is 2.33 bits per heavy atom. The van der Waals surface area contributed by atoms with Gasteiger partial charge in [-0.25, -0.2) is 8.42 Å². The van der Waals surface area contributed by atoms with Crippen LogP contribution < -0.4 is 19.7 Å². The average Bonchev–Trinajstić information content (AvgIpc) is 2.85. The van der Waals surface area contributed by atoms with Gasteiger partial charge in [0.05, 0.1) is 23.4 Å². The highest BCUT2D eigenvalue weighted by Gasteiger charge is 2.27. The summed E-state index contributed by atoms with van der Waals surface area (Å²) in [5.74, 6) is 0.603. The third-order valence-corrected chi connectivity index (χ3v) is 7.62. The van der Waals surface area contributed by atoms with Crippen molar-refractivity contribution < 1.29 is 22.7 Å². The van der Waals surface area contributed by atoms with E-state index in [1.165, 1.54) is 11.4 Å². The standard InChI is InChI=1S/C24H33N3O5S/c1-4-26(5-2)21-14-13-19(33(29,30)27-15-9-6-10-16-27)17-20(21)25-24(28)18-32-23-12-8-7-11-22(23)31-3/h7-8,11-14,17H,4-6,9-10,15-16,18H2,1-3H3,(H,25,28). The number of carbonyl (C=O) groups is 1. The monoisotopic (exact) mass is 475 g/mol. The second-order valence-corrected chi connectivity index (χ2v) is 9.74. The lowest BCUT2D eigenvalue weighted by molar-refractivity contribution is -0.118. The van der Waals surface area contributed by atoms with Crippen LogP contribution in [0, 0.1) is 0 Å². The van der Waals surface area contributed by atoms with Crippen molar-refractivity contribution in [3.05, 3.63) is 42.5 Å². The molecule has 3 rings (SSSR count). The quantitative estimate of drug-likeness (QED) is 0.563. The Morgan fingerprint density at radius 1 is 1.03 bits per heavy atom. The van der Waals surface area contributed by atoms with Crippen LogP contribution in [0.4, 0.5) is 11.4 Å². The summed E-state index contributed by atoms with van der Waals surface area (Å²) in [5, 5.41) is 2.85. The second-order valence-electron chi connectivity index (χ2n) is 7.80. The van der Waals surface area contributed by atoms with Crippen molar-refractivity contribution in [3.8, 4) is 11.5 Å². The summed E-state index contributed by atoms with van der Waals surface area (Å²) in [4.78, 5) is 15.0. The van der Waals surface area contributed by atoms with Gasteiger partial charge in [0.2, 0.25) is 10.0 Å². The minimum atomic E-state index is -3.62. The van der Waals surface area contributed by atoms with Gasteiger partial charge in [-0.2, -0.15) is 4.31 Å². The lowest BCUT2D eigenvalue weighted by Crippen LogP contribution is -2.35. The Kier molecular flexibility index (Phi) is 8.57. The third-order valence-electron chi connectivity index (χ3n) is 5.73. The van der Waals surface area contributed by atoms with Gasteiger partial charge in [0.15, 0.2) is 18.1 Å². The van der Waals surface area contributed by atoms with Gasteiger partial charge in [0, 0.05) is 26.2 Å². The topological polar surface area (TPSA) is 88.2 Å². The number of para-hydroxylation sites is 2. The molecule has 0 aliphatic carbocycles. The highest BCUT2D eigenvalue weighted by molar-refractivity contribution is 7.89. The number of ether oxygens (including phenoxy) is 2. The largest absolute Gasteiger partial charge is 0.493 e. The van der Waals surface area contributed by atoms with Crippen LogP contribution in [-0.4, -0.2) is 58.5 Å². The van der Waals surface area contributed by atoms with Gasteiger partial charge < -0.3 is 19.7 Å². The fraction of sp³-hybridized carbons (Fsp3) is 0.458. The van der Waals surface area contributed by atoms with E-state index in [1.807, 2.05) is 19.9 Å². The molecule has 0 radical (unpaired) electrons. The summed E-state index contributed by atoms with van der Waals surface area (Å²) in [5.41, 5.74) is 1.22. The zero-order chi connectivity index (χ0) is 23.8. The van der Waals surface area contributed by atoms with E-state index in [4.69, 9.17) is 9.47 Å². The van der Waals surface area contributed by atoms with Crippen molar-refractivity contribution in [2.45, 2.75) is 38.0 Å². The molecule has 180 valence electrons. The van der Waals surface area contributed by atoms with Crippen LogP contribution in [0.3, 0.4) is 0 Å². The smallest absolute Gasteiger partial charge is 0.262 e. The van der Waals surface area contributed by atoms with Crippen molar-refractivity contribution in [1.82, 2.24) is 4.31 Å². The minimum Gasteiger partial charge on any atom is -0.493 e. The molecule has 0 unspecified atom stereocenters. The maximum Gasteiger partial charge on any atom is 0.262 e. The summed E-state index contributed by atoms with van der Waals surface area (Å²) in [6.07, 6.45) is 2.77. The minimum absolute atomic E-state index is 0.182. The van der Waals surface area contributed by atoms with E-state index in [0.29, 0.717) is 30.3 Å². The molecule has 1 N–H and O–H groups in total. The fourth-order valence-corrected chi connectivity index (χ4v) is 5.48. The number of carbonyl (C=O) groups excluding carboxylic acids is 1. The number of hydrogen-bond donors (Lipinski definition) is 1. The van der Waals surface area contributed by atoms with Crippen LogP contribution in [0.25, 0.3) is 0 Å². The molecule has 1 saturated heterocycles. The molecule has 0 spiro atoms. The summed E-state index contributed by atoms with van der Waals surface area (Å²) in [6.45, 7) is 6.27. The number of anilines is 2. The van der Waals surface area contributed by atoms with Crippen molar-refractivity contribution in [3.63, 3.8) is 0 Å². The van der Waals surface area contributed by atoms with Crippen molar-refractivity contribution >= 4 is 27.3 Å². The Morgan fingerprint density at radius 2 is 1.70 bits per heavy atom. The van der Waals surface area contributed by atoms with Gasteiger partial charge >= 0.3 is 0 Å². The van der Waals surface area contributed by atoms with Gasteiger partial charge in [-0.1, -0.05) is 18.6 Å². The van der Waals surface area contributed by atoms with Crippen LogP contribution in [0.5, 0.6) is 11.5 Å². The number of sulfonamides is 1. The zero-order valence-corrected chi connectivity index (χ0v) is 20.4. The number of nitrogens with one attached hydrogen (secondary N) is 1. The van der Waals surface area contributed by atoms with E-state index in [9.17, 15) is 13.2 Å². The summed E-state index contributed by atoms with van der Waals surface area (Å²) < 4.78 is 38.8. The van der Waals surface area contributed by atoms with Crippen LogP contribution in [0.15, 0.2) is 47.4 Å². The summed E-state index contributed by atoms with van der Waals surface area (Å²) in [6, 6.07) is 12.0. The first-order valence-corrected chi connectivity index (χ1v) is 12.8. The summed E-state index contributed by atoms with van der Waals surface area (Å²) in [7, 11) is -2.09. The zero-order valence-electron chi connectivity index (χ0n) is 19.5. The third kappa shape index (κ3) is 5.97. The van der Waals surface area contributed by atoms with Crippen molar-refractivity contribution in [1.29, 1.82) is 0 Å². The molecule has 0 atom stereocenters. The molecular weight excluding hydrogens is 442 g/mol. The maximum atomic E-state index is 13.2. The fourth-order valence-electron chi connectivity index (χ4n) is 3.94. The molecule has 0 aromatic heterocycles. The lowest BCUT2D eigenvalue weighted by atomic mass is 10.2. The molecular formula is C24H33N3O5S. The van der Waals surface area contributed by atoms with Crippen LogP contribution in [-0.2, 0) is 14.8 Å². The Labute approximate surface area is 196 Å². The van der Waals surface area contributed by atoms with E-state index in [-0.39, 0.29) is 17.4 Å². The number of rotatable bonds is 10. The average molecular weight is 476 g/mol. The van der Waals surface area contributed by atoms with Crippen LogP contribution in [0.1, 0.15) is 33.1 Å². The van der Waals surface area contributed by atoms with Gasteiger partial charge in [-0.15, -0.1) is 0 Å². The number of amides is 1.